The van der Waals surface area contributed by atoms with Crippen LogP contribution in [0.15, 0.2) is 53.5 Å². The number of nitrogens with one attached hydrogen (secondary N) is 2. The molecule has 0 bridgehead atoms. The van der Waals surface area contributed by atoms with Gasteiger partial charge in [0.2, 0.25) is 0 Å². The van der Waals surface area contributed by atoms with Gasteiger partial charge in [-0.1, -0.05) is 54.1 Å². The third kappa shape index (κ3) is 8.03. The van der Waals surface area contributed by atoms with Crippen molar-refractivity contribution in [2.24, 2.45) is 4.99 Å². The van der Waals surface area contributed by atoms with Gasteiger partial charge in [0.15, 0.2) is 5.96 Å². The fourth-order valence-corrected chi connectivity index (χ4v) is 3.86. The normalized spacial score (nSPS) is 15.8. The Kier molecular flexibility index (Phi) is 11.4. The molecule has 0 aliphatic carbocycles. The van der Waals surface area contributed by atoms with E-state index in [1.165, 1.54) is 22.3 Å². The number of rotatable bonds is 8. The van der Waals surface area contributed by atoms with Crippen LogP contribution in [0.5, 0.6) is 0 Å². The first kappa shape index (κ1) is 26.6. The van der Waals surface area contributed by atoms with E-state index in [0.29, 0.717) is 0 Å². The molecular weight excluding hydrogens is 513 g/mol. The third-order valence-corrected chi connectivity index (χ3v) is 5.83. The lowest BCUT2D eigenvalue weighted by atomic mass is 10.0. The molecule has 176 valence electrons. The highest BCUT2D eigenvalue weighted by Gasteiger charge is 2.15. The third-order valence-electron chi connectivity index (χ3n) is 5.83. The zero-order chi connectivity index (χ0) is 22.1. The van der Waals surface area contributed by atoms with Gasteiger partial charge < -0.3 is 20.3 Å². The Morgan fingerprint density at radius 3 is 2.31 bits per heavy atom. The van der Waals surface area contributed by atoms with E-state index >= 15 is 0 Å². The van der Waals surface area contributed by atoms with Crippen LogP contribution < -0.4 is 10.6 Å². The van der Waals surface area contributed by atoms with Crippen molar-refractivity contribution >= 4 is 29.9 Å². The number of halogens is 1. The predicted octanol–water partition coefficient (Wildman–Crippen LogP) is 3.41. The highest BCUT2D eigenvalue weighted by molar-refractivity contribution is 14.0. The lowest BCUT2D eigenvalue weighted by Gasteiger charge is -2.28. The molecule has 0 amide bonds. The number of hydrogen-bond acceptors (Lipinski definition) is 4. The SMILES string of the molecule is CN=C(NCc1ccccc1CN1CCOCC1)NCC(c1ccc(C)cc1)N(C)C.I. The van der Waals surface area contributed by atoms with Crippen LogP contribution in [0.25, 0.3) is 0 Å². The van der Waals surface area contributed by atoms with E-state index in [-0.39, 0.29) is 30.0 Å². The summed E-state index contributed by atoms with van der Waals surface area (Å²) in [6.45, 7) is 8.25. The summed E-state index contributed by atoms with van der Waals surface area (Å²) >= 11 is 0. The standard InChI is InChI=1S/C25H37N5O.HI/c1-20-9-11-21(12-10-20)24(29(3)4)18-28-25(26-2)27-17-22-7-5-6-8-23(22)19-30-13-15-31-16-14-30;/h5-12,24H,13-19H2,1-4H3,(H2,26,27,28);1H. The van der Waals surface area contributed by atoms with Crippen molar-refractivity contribution in [2.45, 2.75) is 26.1 Å². The summed E-state index contributed by atoms with van der Waals surface area (Å²) in [5.74, 6) is 0.820. The molecule has 2 aromatic rings. The Morgan fingerprint density at radius 2 is 1.69 bits per heavy atom. The number of morpholine rings is 1. The van der Waals surface area contributed by atoms with E-state index in [0.717, 1.165) is 51.9 Å². The van der Waals surface area contributed by atoms with Gasteiger partial charge in [-0.3, -0.25) is 9.89 Å². The van der Waals surface area contributed by atoms with Crippen LogP contribution in [0.1, 0.15) is 28.3 Å². The van der Waals surface area contributed by atoms with E-state index in [1.807, 2.05) is 7.05 Å². The molecular formula is C25H38IN5O. The maximum atomic E-state index is 5.48. The highest BCUT2D eigenvalue weighted by Crippen LogP contribution is 2.18. The first-order chi connectivity index (χ1) is 15.1. The number of guanidine groups is 1. The van der Waals surface area contributed by atoms with Gasteiger partial charge in [-0.15, -0.1) is 24.0 Å². The minimum absolute atomic E-state index is 0. The number of nitrogens with zero attached hydrogens (tertiary/aromatic N) is 3. The van der Waals surface area contributed by atoms with Gasteiger partial charge in [0.05, 0.1) is 19.3 Å². The Hall–Kier alpha value is -1.68. The average Bonchev–Trinajstić information content (AvgIpc) is 2.78. The Bertz CT molecular complexity index is 834. The Morgan fingerprint density at radius 1 is 1.03 bits per heavy atom. The van der Waals surface area contributed by atoms with Crippen molar-refractivity contribution < 1.29 is 4.74 Å². The number of aryl methyl sites for hydroxylation is 1. The lowest BCUT2D eigenvalue weighted by Crippen LogP contribution is -2.41. The van der Waals surface area contributed by atoms with Crippen LogP contribution in [0.4, 0.5) is 0 Å². The van der Waals surface area contributed by atoms with Crippen LogP contribution in [0.2, 0.25) is 0 Å². The van der Waals surface area contributed by atoms with Crippen molar-refractivity contribution in [3.63, 3.8) is 0 Å². The monoisotopic (exact) mass is 551 g/mol. The van der Waals surface area contributed by atoms with Gasteiger partial charge in [0.1, 0.15) is 0 Å². The van der Waals surface area contributed by atoms with E-state index in [4.69, 9.17) is 4.74 Å². The fraction of sp³-hybridized carbons (Fsp3) is 0.480. The molecule has 1 heterocycles. The van der Waals surface area contributed by atoms with Gasteiger partial charge in [-0.25, -0.2) is 0 Å². The summed E-state index contributed by atoms with van der Waals surface area (Å²) in [4.78, 5) is 9.13. The number of likely N-dealkylation sites (N-methyl/N-ethyl adjacent to an activating group) is 1. The van der Waals surface area contributed by atoms with Crippen LogP contribution in [0.3, 0.4) is 0 Å². The molecule has 1 aliphatic rings. The Balaban J connectivity index is 0.00000363. The maximum absolute atomic E-state index is 5.48. The van der Waals surface area contributed by atoms with Crippen molar-refractivity contribution in [2.75, 3.05) is 54.0 Å². The molecule has 1 atom stereocenters. The average molecular weight is 552 g/mol. The topological polar surface area (TPSA) is 52.1 Å². The fourth-order valence-electron chi connectivity index (χ4n) is 3.86. The predicted molar refractivity (Wildman–Crippen MR) is 144 cm³/mol. The van der Waals surface area contributed by atoms with Gasteiger partial charge in [-0.2, -0.15) is 0 Å². The molecule has 1 saturated heterocycles. The highest BCUT2D eigenvalue weighted by atomic mass is 127. The summed E-state index contributed by atoms with van der Waals surface area (Å²) in [5, 5.41) is 7.00. The summed E-state index contributed by atoms with van der Waals surface area (Å²) in [7, 11) is 6.06. The van der Waals surface area contributed by atoms with Gasteiger partial charge in [0.25, 0.3) is 0 Å². The zero-order valence-electron chi connectivity index (χ0n) is 19.8. The molecule has 1 unspecified atom stereocenters. The largest absolute Gasteiger partial charge is 0.379 e. The summed E-state index contributed by atoms with van der Waals surface area (Å²) in [5.41, 5.74) is 5.25. The molecule has 7 heteroatoms. The van der Waals surface area contributed by atoms with Gasteiger partial charge >= 0.3 is 0 Å². The number of hydrogen-bond donors (Lipinski definition) is 2. The summed E-state index contributed by atoms with van der Waals surface area (Å²) in [6.07, 6.45) is 0. The molecule has 0 aromatic heterocycles. The minimum atomic E-state index is 0. The molecule has 1 fully saturated rings. The lowest BCUT2D eigenvalue weighted by molar-refractivity contribution is 0.0341. The molecule has 32 heavy (non-hydrogen) atoms. The zero-order valence-corrected chi connectivity index (χ0v) is 22.1. The summed E-state index contributed by atoms with van der Waals surface area (Å²) in [6, 6.07) is 17.7. The molecule has 6 nitrogen and oxygen atoms in total. The molecule has 1 aliphatic heterocycles. The van der Waals surface area contributed by atoms with E-state index < -0.39 is 0 Å². The quantitative estimate of drug-likeness (QED) is 0.299. The maximum Gasteiger partial charge on any atom is 0.191 e. The van der Waals surface area contributed by atoms with Gasteiger partial charge in [-0.05, 0) is 37.7 Å². The van der Waals surface area contributed by atoms with Crippen molar-refractivity contribution in [3.05, 3.63) is 70.8 Å². The minimum Gasteiger partial charge on any atom is -0.379 e. The first-order valence-electron chi connectivity index (χ1n) is 11.1. The van der Waals surface area contributed by atoms with Gasteiger partial charge in [0, 0.05) is 39.8 Å². The molecule has 3 rings (SSSR count). The summed E-state index contributed by atoms with van der Waals surface area (Å²) < 4.78 is 5.48. The number of benzene rings is 2. The number of ether oxygens (including phenoxy) is 1. The second-order valence-corrected chi connectivity index (χ2v) is 8.35. The van der Waals surface area contributed by atoms with Crippen molar-refractivity contribution in [1.29, 1.82) is 0 Å². The smallest absolute Gasteiger partial charge is 0.191 e. The molecule has 0 saturated carbocycles. The van der Waals surface area contributed by atoms with Crippen LogP contribution >= 0.6 is 24.0 Å². The van der Waals surface area contributed by atoms with Crippen LogP contribution in [0, 0.1) is 6.92 Å². The van der Waals surface area contributed by atoms with E-state index in [9.17, 15) is 0 Å². The second-order valence-electron chi connectivity index (χ2n) is 8.35. The molecule has 2 aromatic carbocycles. The molecule has 0 radical (unpaired) electrons. The second kappa shape index (κ2) is 13.8. The number of aliphatic imine (C=N–C) groups is 1. The molecule has 0 spiro atoms. The Labute approximate surface area is 210 Å². The first-order valence-corrected chi connectivity index (χ1v) is 11.1. The van der Waals surface area contributed by atoms with E-state index in [1.54, 1.807) is 0 Å². The van der Waals surface area contributed by atoms with Crippen LogP contribution in [-0.4, -0.2) is 69.8 Å². The van der Waals surface area contributed by atoms with Crippen molar-refractivity contribution in [1.82, 2.24) is 20.4 Å². The van der Waals surface area contributed by atoms with Crippen LogP contribution in [-0.2, 0) is 17.8 Å². The molecule has 2 N–H and O–H groups in total. The van der Waals surface area contributed by atoms with E-state index in [2.05, 4.69) is 95.0 Å². The van der Waals surface area contributed by atoms with Crippen molar-refractivity contribution in [3.8, 4) is 0 Å².